The van der Waals surface area contributed by atoms with E-state index in [1.807, 2.05) is 111 Å². The van der Waals surface area contributed by atoms with E-state index < -0.39 is 0 Å². The highest BCUT2D eigenvalue weighted by Gasteiger charge is 2.18. The summed E-state index contributed by atoms with van der Waals surface area (Å²) in [5, 5.41) is 0. The molecule has 300 valence electrons. The monoisotopic (exact) mass is 844 g/mol. The van der Waals surface area contributed by atoms with Gasteiger partial charge >= 0.3 is 0 Å². The number of allylic oxidation sites excluding steroid dienone is 2. The number of ketones is 2. The third kappa shape index (κ3) is 11.9. The van der Waals surface area contributed by atoms with Gasteiger partial charge in [-0.15, -0.1) is 0 Å². The standard InChI is InChI=1S/C26H27N3O3.C20H22BrN3O2/c1-31-26-19-22(7-8-25(26)32-20-21-5-3-2-4-6-21)24(30)11-14-28-15-17-29(18-16-28)23-9-12-27-13-10-23;1-2-26-20-4-3-16(21)15-18(20)19(25)7-10-23-11-13-24(14-12-23)17-5-8-22-9-6-17/h2-14,19H,15-18,20H2,1H3;3-10,15H,2,11-14H2,1H3. The molecule has 0 unspecified atom stereocenters. The zero-order chi connectivity index (χ0) is 40.5. The highest BCUT2D eigenvalue weighted by atomic mass is 79.9. The predicted molar refractivity (Wildman–Crippen MR) is 232 cm³/mol. The highest BCUT2D eigenvalue weighted by molar-refractivity contribution is 9.10. The molecule has 2 aliphatic rings. The number of piperazine rings is 2. The van der Waals surface area contributed by atoms with Crippen molar-refractivity contribution in [1.82, 2.24) is 19.8 Å². The van der Waals surface area contributed by atoms with Crippen molar-refractivity contribution in [3.05, 3.63) is 161 Å². The van der Waals surface area contributed by atoms with Crippen LogP contribution in [-0.2, 0) is 6.61 Å². The normalized spacial score (nSPS) is 14.3. The van der Waals surface area contributed by atoms with Gasteiger partial charge in [-0.3, -0.25) is 19.6 Å². The van der Waals surface area contributed by atoms with Crippen LogP contribution in [0, 0.1) is 0 Å². The molecule has 5 aromatic rings. The minimum atomic E-state index is -0.0607. The first-order valence-electron chi connectivity index (χ1n) is 19.4. The molecule has 3 aromatic carbocycles. The Balaban J connectivity index is 0.000000200. The number of hydrogen-bond donors (Lipinski definition) is 0. The summed E-state index contributed by atoms with van der Waals surface area (Å²) < 4.78 is 17.8. The smallest absolute Gasteiger partial charge is 0.191 e. The van der Waals surface area contributed by atoms with Crippen molar-refractivity contribution in [1.29, 1.82) is 0 Å². The summed E-state index contributed by atoms with van der Waals surface area (Å²) in [5.41, 5.74) is 4.59. The number of pyridine rings is 2. The van der Waals surface area contributed by atoms with Gasteiger partial charge in [0.2, 0.25) is 0 Å². The van der Waals surface area contributed by atoms with E-state index in [9.17, 15) is 9.59 Å². The van der Waals surface area contributed by atoms with Crippen LogP contribution in [0.15, 0.2) is 145 Å². The van der Waals surface area contributed by atoms with Crippen LogP contribution in [0.25, 0.3) is 0 Å². The number of rotatable bonds is 14. The van der Waals surface area contributed by atoms with E-state index in [0.717, 1.165) is 62.4 Å². The summed E-state index contributed by atoms with van der Waals surface area (Å²) in [5.74, 6) is 1.67. The van der Waals surface area contributed by atoms with Crippen LogP contribution in [0.1, 0.15) is 33.2 Å². The van der Waals surface area contributed by atoms with Crippen molar-refractivity contribution in [2.45, 2.75) is 13.5 Å². The molecule has 0 atom stereocenters. The van der Waals surface area contributed by atoms with E-state index in [1.165, 1.54) is 11.4 Å². The quantitative estimate of drug-likeness (QED) is 0.0805. The zero-order valence-electron chi connectivity index (χ0n) is 33.0. The van der Waals surface area contributed by atoms with Crippen molar-refractivity contribution < 1.29 is 23.8 Å². The largest absolute Gasteiger partial charge is 0.493 e. The van der Waals surface area contributed by atoms with E-state index in [1.54, 1.807) is 43.5 Å². The van der Waals surface area contributed by atoms with E-state index >= 15 is 0 Å². The summed E-state index contributed by atoms with van der Waals surface area (Å²) in [6, 6.07) is 28.8. The summed E-state index contributed by atoms with van der Waals surface area (Å²) in [4.78, 5) is 42.4. The number of methoxy groups -OCH3 is 1. The second kappa shape index (κ2) is 21.4. The maximum Gasteiger partial charge on any atom is 0.191 e. The average molecular weight is 846 g/mol. The fourth-order valence-corrected chi connectivity index (χ4v) is 6.91. The molecule has 0 aliphatic carbocycles. The van der Waals surface area contributed by atoms with Crippen molar-refractivity contribution in [2.75, 3.05) is 75.9 Å². The van der Waals surface area contributed by atoms with Crippen molar-refractivity contribution in [3.8, 4) is 17.2 Å². The average Bonchev–Trinajstić information content (AvgIpc) is 3.28. The Kier molecular flexibility index (Phi) is 15.3. The lowest BCUT2D eigenvalue weighted by atomic mass is 10.1. The summed E-state index contributed by atoms with van der Waals surface area (Å²) in [6.07, 6.45) is 14.3. The van der Waals surface area contributed by atoms with Gasteiger partial charge in [0.15, 0.2) is 23.1 Å². The molecule has 2 fully saturated rings. The lowest BCUT2D eigenvalue weighted by molar-refractivity contribution is 0.103. The van der Waals surface area contributed by atoms with Crippen LogP contribution < -0.4 is 24.0 Å². The van der Waals surface area contributed by atoms with Gasteiger partial charge in [0.05, 0.1) is 19.3 Å². The van der Waals surface area contributed by atoms with E-state index in [2.05, 4.69) is 45.5 Å². The minimum absolute atomic E-state index is 0.0497. The molecule has 0 radical (unpaired) electrons. The molecule has 2 saturated heterocycles. The van der Waals surface area contributed by atoms with Gasteiger partial charge in [0.1, 0.15) is 12.4 Å². The first-order chi connectivity index (χ1) is 28.4. The van der Waals surface area contributed by atoms with Crippen LogP contribution in [-0.4, -0.2) is 97.4 Å². The Morgan fingerprint density at radius 2 is 1.19 bits per heavy atom. The molecule has 4 heterocycles. The van der Waals surface area contributed by atoms with Crippen molar-refractivity contribution in [2.24, 2.45) is 0 Å². The van der Waals surface area contributed by atoms with E-state index in [-0.39, 0.29) is 11.6 Å². The van der Waals surface area contributed by atoms with Crippen LogP contribution in [0.4, 0.5) is 11.4 Å². The Morgan fingerprint density at radius 1 is 0.638 bits per heavy atom. The Labute approximate surface area is 349 Å². The molecule has 2 aliphatic heterocycles. The SMILES string of the molecule is CCOc1ccc(Br)cc1C(=O)C=CN1CCN(c2ccncc2)CC1.COc1cc(C(=O)C=CN2CCN(c3ccncc3)CC2)ccc1OCc1ccccc1. The Hall–Kier alpha value is -6.14. The molecular formula is C46H49BrN6O5. The van der Waals surface area contributed by atoms with Gasteiger partial charge in [-0.05, 0) is 73.2 Å². The van der Waals surface area contributed by atoms with Gasteiger partial charge in [-0.2, -0.15) is 0 Å². The third-order valence-corrected chi connectivity index (χ3v) is 10.2. The first kappa shape index (κ1) is 41.5. The fraction of sp³-hybridized carbons (Fsp3) is 0.261. The molecule has 0 saturated carbocycles. The predicted octanol–water partition coefficient (Wildman–Crippen LogP) is 7.95. The van der Waals surface area contributed by atoms with E-state index in [0.29, 0.717) is 41.6 Å². The molecule has 0 amide bonds. The number of carbonyl (C=O) groups is 2. The van der Waals surface area contributed by atoms with Gasteiger partial charge < -0.3 is 33.8 Å². The van der Waals surface area contributed by atoms with E-state index in [4.69, 9.17) is 14.2 Å². The van der Waals surface area contributed by atoms with Crippen LogP contribution in [0.5, 0.6) is 17.2 Å². The molecule has 11 nitrogen and oxygen atoms in total. The van der Waals surface area contributed by atoms with Gasteiger partial charge in [-0.1, -0.05) is 46.3 Å². The Bertz CT molecular complexity index is 2120. The van der Waals surface area contributed by atoms with Crippen LogP contribution >= 0.6 is 15.9 Å². The molecular weight excluding hydrogens is 796 g/mol. The summed E-state index contributed by atoms with van der Waals surface area (Å²) in [7, 11) is 1.58. The number of halogens is 1. The zero-order valence-corrected chi connectivity index (χ0v) is 34.5. The summed E-state index contributed by atoms with van der Waals surface area (Å²) in [6.45, 7) is 10.0. The number of ether oxygens (including phenoxy) is 3. The number of aromatic nitrogens is 2. The maximum atomic E-state index is 12.7. The molecule has 0 spiro atoms. The number of benzene rings is 3. The Morgan fingerprint density at radius 3 is 1.74 bits per heavy atom. The van der Waals surface area contributed by atoms with Crippen molar-refractivity contribution >= 4 is 38.9 Å². The molecule has 12 heteroatoms. The number of carbonyl (C=O) groups excluding carboxylic acids is 2. The first-order valence-corrected chi connectivity index (χ1v) is 20.2. The van der Waals surface area contributed by atoms with Crippen LogP contribution in [0.2, 0.25) is 0 Å². The lowest BCUT2D eigenvalue weighted by Gasteiger charge is -2.35. The minimum Gasteiger partial charge on any atom is -0.493 e. The number of nitrogens with zero attached hydrogens (tertiary/aromatic N) is 6. The molecule has 0 bridgehead atoms. The topological polar surface area (TPSA) is 101 Å². The van der Waals surface area contributed by atoms with Crippen molar-refractivity contribution in [3.63, 3.8) is 0 Å². The lowest BCUT2D eigenvalue weighted by Crippen LogP contribution is -2.44. The molecule has 7 rings (SSSR count). The number of hydrogen-bond acceptors (Lipinski definition) is 11. The summed E-state index contributed by atoms with van der Waals surface area (Å²) >= 11 is 3.42. The molecule has 58 heavy (non-hydrogen) atoms. The van der Waals surface area contributed by atoms with Crippen LogP contribution in [0.3, 0.4) is 0 Å². The van der Waals surface area contributed by atoms with Gasteiger partial charge in [0.25, 0.3) is 0 Å². The van der Waals surface area contributed by atoms with Gasteiger partial charge in [-0.25, -0.2) is 0 Å². The fourth-order valence-electron chi connectivity index (χ4n) is 6.55. The number of anilines is 2. The second-order valence-corrected chi connectivity index (χ2v) is 14.4. The third-order valence-electron chi connectivity index (χ3n) is 9.75. The molecule has 0 N–H and O–H groups in total. The van der Waals surface area contributed by atoms with Gasteiger partial charge in [0, 0.05) is 123 Å². The maximum absolute atomic E-state index is 12.7. The molecule has 2 aromatic heterocycles. The highest BCUT2D eigenvalue weighted by Crippen LogP contribution is 2.29. The second-order valence-electron chi connectivity index (χ2n) is 13.5.